The van der Waals surface area contributed by atoms with Gasteiger partial charge in [-0.2, -0.15) is 0 Å². The quantitative estimate of drug-likeness (QED) is 0.621. The third kappa shape index (κ3) is 4.41. The molecule has 1 amide bonds. The highest BCUT2D eigenvalue weighted by molar-refractivity contribution is 7.89. The van der Waals surface area contributed by atoms with Crippen LogP contribution in [0.3, 0.4) is 0 Å². The van der Waals surface area contributed by atoms with Crippen molar-refractivity contribution < 1.29 is 18.0 Å². The lowest BCUT2D eigenvalue weighted by Gasteiger charge is -2.50. The zero-order valence-electron chi connectivity index (χ0n) is 21.6. The van der Waals surface area contributed by atoms with E-state index in [2.05, 4.69) is 27.3 Å². The maximum atomic E-state index is 13.2. The molecular weight excluding hydrogens is 476 g/mol. The Hall–Kier alpha value is -2.49. The van der Waals surface area contributed by atoms with Gasteiger partial charge in [-0.15, -0.1) is 0 Å². The van der Waals surface area contributed by atoms with Crippen molar-refractivity contribution in [2.45, 2.75) is 69.5 Å². The number of amides is 1. The summed E-state index contributed by atoms with van der Waals surface area (Å²) in [6.45, 7) is 8.69. The monoisotopic (exact) mass is 512 g/mol. The van der Waals surface area contributed by atoms with Crippen molar-refractivity contribution in [3.8, 4) is 0 Å². The van der Waals surface area contributed by atoms with Gasteiger partial charge in [0.1, 0.15) is 0 Å². The van der Waals surface area contributed by atoms with Gasteiger partial charge in [0.25, 0.3) is 5.91 Å². The Bertz CT molecular complexity index is 1280. The first-order valence-electron chi connectivity index (χ1n) is 12.8. The van der Waals surface area contributed by atoms with E-state index in [0.717, 1.165) is 50.2 Å². The van der Waals surface area contributed by atoms with Gasteiger partial charge >= 0.3 is 0 Å². The summed E-state index contributed by atoms with van der Waals surface area (Å²) in [5.41, 5.74) is 1.78. The van der Waals surface area contributed by atoms with Crippen LogP contribution in [0.5, 0.6) is 0 Å². The number of aromatic nitrogens is 1. The molecule has 1 aliphatic carbocycles. The van der Waals surface area contributed by atoms with Gasteiger partial charge in [0, 0.05) is 48.9 Å². The predicted molar refractivity (Wildman–Crippen MR) is 137 cm³/mol. The number of rotatable bonds is 5. The van der Waals surface area contributed by atoms with Crippen LogP contribution in [-0.4, -0.2) is 67.2 Å². The van der Waals surface area contributed by atoms with Gasteiger partial charge < -0.3 is 9.47 Å². The molecule has 1 N–H and O–H groups in total. The van der Waals surface area contributed by atoms with Crippen molar-refractivity contribution in [3.05, 3.63) is 53.3 Å². The largest absolute Gasteiger partial charge is 0.339 e. The predicted octanol–water partition coefficient (Wildman–Crippen LogP) is 3.23. The fourth-order valence-corrected chi connectivity index (χ4v) is 6.83. The number of benzene rings is 1. The van der Waals surface area contributed by atoms with Gasteiger partial charge in [-0.25, -0.2) is 13.1 Å². The molecule has 5 rings (SSSR count). The first-order valence-corrected chi connectivity index (χ1v) is 14.3. The molecule has 8 nitrogen and oxygen atoms in total. The van der Waals surface area contributed by atoms with Crippen LogP contribution in [-0.2, 0) is 22.1 Å². The van der Waals surface area contributed by atoms with Gasteiger partial charge in [-0.05, 0) is 69.1 Å². The third-order valence-electron chi connectivity index (χ3n) is 7.95. The number of Topliss-reactive ketones (excluding diaryl/α,β-unsaturated/α-hetero) is 1. The number of likely N-dealkylation sites (tertiary alicyclic amines) is 1. The number of sulfonamides is 1. The van der Waals surface area contributed by atoms with Crippen LogP contribution in [0.4, 0.5) is 0 Å². The normalized spacial score (nSPS) is 20.4. The van der Waals surface area contributed by atoms with Crippen molar-refractivity contribution in [1.29, 1.82) is 0 Å². The fourth-order valence-electron chi connectivity index (χ4n) is 5.52. The first-order chi connectivity index (χ1) is 16.9. The average molecular weight is 513 g/mol. The maximum absolute atomic E-state index is 13.2. The summed E-state index contributed by atoms with van der Waals surface area (Å²) < 4.78 is 29.7. The minimum absolute atomic E-state index is 0.0404. The number of carbonyl (C=O) groups excluding carboxylic acids is 2. The van der Waals surface area contributed by atoms with E-state index in [0.29, 0.717) is 18.7 Å². The highest BCUT2D eigenvalue weighted by Gasteiger charge is 2.45. The molecule has 0 bridgehead atoms. The smallest absolute Gasteiger partial charge is 0.253 e. The van der Waals surface area contributed by atoms with E-state index in [1.54, 1.807) is 12.1 Å². The SMILES string of the molecule is CN1CCn2c(C(=O)C(C)(C)C)ccc2C12CCN(C(=O)c1ccc(S(=O)(=O)NC3CC3)cc1)CC2. The summed E-state index contributed by atoms with van der Waals surface area (Å²) in [5, 5.41) is 0. The molecule has 3 aliphatic rings. The number of nitrogens with zero attached hydrogens (tertiary/aromatic N) is 3. The molecule has 1 spiro atoms. The molecule has 3 heterocycles. The molecule has 2 fully saturated rings. The van der Waals surface area contributed by atoms with E-state index in [1.165, 1.54) is 12.1 Å². The lowest BCUT2D eigenvalue weighted by molar-refractivity contribution is 0.0126. The van der Waals surface area contributed by atoms with Crippen molar-refractivity contribution >= 4 is 21.7 Å². The van der Waals surface area contributed by atoms with Gasteiger partial charge in [0.05, 0.1) is 16.1 Å². The topological polar surface area (TPSA) is 91.7 Å². The number of ketones is 1. The minimum atomic E-state index is -3.54. The summed E-state index contributed by atoms with van der Waals surface area (Å²) in [6, 6.07) is 10.3. The number of fused-ring (bicyclic) bond motifs is 2. The molecule has 2 aromatic rings. The van der Waals surface area contributed by atoms with E-state index in [1.807, 2.05) is 31.7 Å². The van der Waals surface area contributed by atoms with Crippen LogP contribution in [0.15, 0.2) is 41.3 Å². The lowest BCUT2D eigenvalue weighted by Crippen LogP contribution is -2.56. The van der Waals surface area contributed by atoms with Crippen LogP contribution in [0.25, 0.3) is 0 Å². The van der Waals surface area contributed by atoms with Crippen LogP contribution in [0.1, 0.15) is 73.0 Å². The molecule has 1 saturated heterocycles. The highest BCUT2D eigenvalue weighted by atomic mass is 32.2. The summed E-state index contributed by atoms with van der Waals surface area (Å²) in [7, 11) is -1.40. The van der Waals surface area contributed by atoms with E-state index in [4.69, 9.17) is 0 Å². The summed E-state index contributed by atoms with van der Waals surface area (Å²) in [5.74, 6) is 0.0697. The molecular formula is C27H36N4O4S. The van der Waals surface area contributed by atoms with Gasteiger partial charge in [-0.1, -0.05) is 20.8 Å². The molecule has 0 radical (unpaired) electrons. The number of nitrogens with one attached hydrogen (secondary N) is 1. The fraction of sp³-hybridized carbons (Fsp3) is 0.556. The van der Waals surface area contributed by atoms with E-state index in [-0.39, 0.29) is 28.2 Å². The van der Waals surface area contributed by atoms with Crippen molar-refractivity contribution in [2.75, 3.05) is 26.7 Å². The molecule has 2 aliphatic heterocycles. The summed E-state index contributed by atoms with van der Waals surface area (Å²) >= 11 is 0. The van der Waals surface area contributed by atoms with Crippen molar-refractivity contribution in [2.24, 2.45) is 5.41 Å². The molecule has 1 aromatic carbocycles. The summed E-state index contributed by atoms with van der Waals surface area (Å²) in [4.78, 5) is 30.7. The highest BCUT2D eigenvalue weighted by Crippen LogP contribution is 2.42. The average Bonchev–Trinajstić information content (AvgIpc) is 3.54. The Kier molecular flexibility index (Phi) is 6.16. The number of carbonyl (C=O) groups is 2. The maximum Gasteiger partial charge on any atom is 0.253 e. The third-order valence-corrected chi connectivity index (χ3v) is 9.49. The molecule has 1 saturated carbocycles. The van der Waals surface area contributed by atoms with Crippen LogP contribution < -0.4 is 4.72 Å². The van der Waals surface area contributed by atoms with Crippen LogP contribution in [0.2, 0.25) is 0 Å². The molecule has 194 valence electrons. The Morgan fingerprint density at radius 2 is 1.58 bits per heavy atom. The second-order valence-electron chi connectivity index (χ2n) is 11.5. The Morgan fingerprint density at radius 1 is 0.944 bits per heavy atom. The lowest BCUT2D eigenvalue weighted by atomic mass is 9.81. The Morgan fingerprint density at radius 3 is 2.17 bits per heavy atom. The van der Waals surface area contributed by atoms with E-state index >= 15 is 0 Å². The number of piperidine rings is 1. The molecule has 0 atom stereocenters. The van der Waals surface area contributed by atoms with Gasteiger partial charge in [-0.3, -0.25) is 14.5 Å². The number of hydrogen-bond donors (Lipinski definition) is 1. The zero-order valence-corrected chi connectivity index (χ0v) is 22.4. The number of likely N-dealkylation sites (N-methyl/N-ethyl adjacent to an activating group) is 1. The van der Waals surface area contributed by atoms with E-state index < -0.39 is 15.4 Å². The second-order valence-corrected chi connectivity index (χ2v) is 13.2. The minimum Gasteiger partial charge on any atom is -0.339 e. The Balaban J connectivity index is 1.31. The molecule has 0 unspecified atom stereocenters. The van der Waals surface area contributed by atoms with Crippen molar-refractivity contribution in [3.63, 3.8) is 0 Å². The standard InChI is InChI=1S/C27H36N4O4S/c1-26(2,3)24(32)22-11-12-23-27(29(4)17-18-31(22)23)13-15-30(16-14-27)25(33)19-5-9-21(10-6-19)36(34,35)28-20-7-8-20/h5-6,9-12,20,28H,7-8,13-18H2,1-4H3. The van der Waals surface area contributed by atoms with Crippen LogP contribution >= 0.6 is 0 Å². The Labute approximate surface area is 213 Å². The molecule has 1 aromatic heterocycles. The van der Waals surface area contributed by atoms with Gasteiger partial charge in [0.15, 0.2) is 5.78 Å². The first kappa shape index (κ1) is 25.2. The molecule has 9 heteroatoms. The second kappa shape index (κ2) is 8.82. The van der Waals surface area contributed by atoms with Gasteiger partial charge in [0.2, 0.25) is 10.0 Å². The number of hydrogen-bond acceptors (Lipinski definition) is 5. The van der Waals surface area contributed by atoms with Crippen molar-refractivity contribution in [1.82, 2.24) is 19.1 Å². The zero-order chi connectivity index (χ0) is 25.9. The summed E-state index contributed by atoms with van der Waals surface area (Å²) in [6.07, 6.45) is 3.31. The van der Waals surface area contributed by atoms with E-state index in [9.17, 15) is 18.0 Å². The molecule has 36 heavy (non-hydrogen) atoms. The van der Waals surface area contributed by atoms with Crippen LogP contribution in [0, 0.1) is 5.41 Å².